The van der Waals surface area contributed by atoms with Gasteiger partial charge in [-0.15, -0.1) is 0 Å². The summed E-state index contributed by atoms with van der Waals surface area (Å²) in [6.45, 7) is 0. The lowest BCUT2D eigenvalue weighted by Gasteiger charge is -2.06. The number of benzene rings is 2. The molecular formula is C13H7ClFN3O5. The van der Waals surface area contributed by atoms with Crippen molar-refractivity contribution in [2.75, 3.05) is 5.32 Å². The number of nitro benzene ring substituents is 2. The van der Waals surface area contributed by atoms with Crippen molar-refractivity contribution < 1.29 is 19.0 Å². The van der Waals surface area contributed by atoms with Gasteiger partial charge in [-0.25, -0.2) is 0 Å². The minimum Gasteiger partial charge on any atom is -0.322 e. The Morgan fingerprint density at radius 3 is 2.30 bits per heavy atom. The van der Waals surface area contributed by atoms with Gasteiger partial charge in [0.2, 0.25) is 5.82 Å². The summed E-state index contributed by atoms with van der Waals surface area (Å²) in [4.78, 5) is 32.0. The molecule has 0 saturated carbocycles. The fourth-order valence-corrected chi connectivity index (χ4v) is 1.94. The molecule has 0 radical (unpaired) electrons. The summed E-state index contributed by atoms with van der Waals surface area (Å²) in [6.07, 6.45) is 0. The molecule has 0 heterocycles. The van der Waals surface area contributed by atoms with E-state index in [4.69, 9.17) is 11.6 Å². The van der Waals surface area contributed by atoms with Crippen LogP contribution in [-0.2, 0) is 0 Å². The predicted octanol–water partition coefficient (Wildman–Crippen LogP) is 3.55. The minimum absolute atomic E-state index is 0.0747. The summed E-state index contributed by atoms with van der Waals surface area (Å²) in [5, 5.41) is 23.9. The van der Waals surface area contributed by atoms with E-state index in [-0.39, 0.29) is 16.3 Å². The number of hydrogen-bond acceptors (Lipinski definition) is 5. The first-order valence-corrected chi connectivity index (χ1v) is 6.36. The molecule has 0 bridgehead atoms. The predicted molar refractivity (Wildman–Crippen MR) is 79.1 cm³/mol. The fourth-order valence-electron chi connectivity index (χ4n) is 1.78. The van der Waals surface area contributed by atoms with Gasteiger partial charge in [-0.3, -0.25) is 25.0 Å². The first kappa shape index (κ1) is 16.3. The molecule has 1 N–H and O–H groups in total. The van der Waals surface area contributed by atoms with Crippen molar-refractivity contribution in [1.82, 2.24) is 0 Å². The molecule has 0 aliphatic carbocycles. The molecule has 2 aromatic carbocycles. The summed E-state index contributed by atoms with van der Waals surface area (Å²) in [7, 11) is 0. The quantitative estimate of drug-likeness (QED) is 0.675. The highest BCUT2D eigenvalue weighted by atomic mass is 35.5. The van der Waals surface area contributed by atoms with Gasteiger partial charge in [-0.05, 0) is 24.3 Å². The van der Waals surface area contributed by atoms with Crippen LogP contribution in [0, 0.1) is 26.0 Å². The molecule has 2 aromatic rings. The Kier molecular flexibility index (Phi) is 4.51. The summed E-state index contributed by atoms with van der Waals surface area (Å²) in [5.41, 5.74) is -1.71. The summed E-state index contributed by atoms with van der Waals surface area (Å²) in [6, 6.07) is 6.16. The second-order valence-electron chi connectivity index (χ2n) is 4.30. The Hall–Kier alpha value is -3.07. The number of hydrogen-bond donors (Lipinski definition) is 1. The summed E-state index contributed by atoms with van der Waals surface area (Å²) >= 11 is 5.65. The van der Waals surface area contributed by atoms with Crippen molar-refractivity contribution in [3.05, 3.63) is 73.0 Å². The first-order valence-electron chi connectivity index (χ1n) is 5.99. The van der Waals surface area contributed by atoms with Crippen LogP contribution in [0.1, 0.15) is 10.4 Å². The molecule has 2 rings (SSSR count). The first-order chi connectivity index (χ1) is 10.8. The molecule has 0 aromatic heterocycles. The number of carbonyl (C=O) groups excluding carboxylic acids is 1. The number of rotatable bonds is 4. The molecule has 0 aliphatic rings. The highest BCUT2D eigenvalue weighted by Crippen LogP contribution is 2.26. The van der Waals surface area contributed by atoms with Gasteiger partial charge in [0.1, 0.15) is 5.56 Å². The second-order valence-corrected chi connectivity index (χ2v) is 4.73. The molecule has 23 heavy (non-hydrogen) atoms. The SMILES string of the molecule is O=C(Nc1ccc(F)c([N+](=O)[O-])c1)c1ccc(Cl)cc1[N+](=O)[O-]. The van der Waals surface area contributed by atoms with E-state index in [0.717, 1.165) is 30.3 Å². The summed E-state index contributed by atoms with van der Waals surface area (Å²) in [5.74, 6) is -1.94. The number of nitrogens with zero attached hydrogens (tertiary/aromatic N) is 2. The lowest BCUT2D eigenvalue weighted by molar-refractivity contribution is -0.387. The van der Waals surface area contributed by atoms with Crippen LogP contribution in [0.3, 0.4) is 0 Å². The minimum atomic E-state index is -1.06. The van der Waals surface area contributed by atoms with E-state index < -0.39 is 32.9 Å². The standard InChI is InChI=1S/C13H7ClFN3O5/c14-7-1-3-9(11(5-7)17(20)21)13(19)16-8-2-4-10(15)12(6-8)18(22)23/h1-6H,(H,16,19). The molecule has 0 aliphatic heterocycles. The van der Waals surface area contributed by atoms with Crippen LogP contribution in [0.25, 0.3) is 0 Å². The third kappa shape index (κ3) is 3.58. The number of carbonyl (C=O) groups is 1. The molecule has 0 fully saturated rings. The van der Waals surface area contributed by atoms with E-state index in [1.54, 1.807) is 0 Å². The van der Waals surface area contributed by atoms with Crippen molar-refractivity contribution in [3.8, 4) is 0 Å². The zero-order valence-corrected chi connectivity index (χ0v) is 11.9. The van der Waals surface area contributed by atoms with Crippen molar-refractivity contribution in [2.24, 2.45) is 0 Å². The highest BCUT2D eigenvalue weighted by molar-refractivity contribution is 6.31. The second kappa shape index (κ2) is 6.36. The number of amides is 1. The van der Waals surface area contributed by atoms with Crippen LogP contribution in [0.5, 0.6) is 0 Å². The molecule has 1 amide bonds. The van der Waals surface area contributed by atoms with Crippen LogP contribution in [-0.4, -0.2) is 15.8 Å². The van der Waals surface area contributed by atoms with Crippen molar-refractivity contribution in [3.63, 3.8) is 0 Å². The molecule has 10 heteroatoms. The Bertz CT molecular complexity index is 827. The van der Waals surface area contributed by atoms with E-state index in [2.05, 4.69) is 5.32 Å². The number of nitro groups is 2. The maximum absolute atomic E-state index is 13.2. The molecule has 118 valence electrons. The third-order valence-electron chi connectivity index (χ3n) is 2.80. The van der Waals surface area contributed by atoms with Gasteiger partial charge in [0.05, 0.1) is 9.85 Å². The van der Waals surface area contributed by atoms with E-state index >= 15 is 0 Å². The zero-order chi connectivity index (χ0) is 17.1. The van der Waals surface area contributed by atoms with Gasteiger partial charge in [0.25, 0.3) is 11.6 Å². The number of halogens is 2. The van der Waals surface area contributed by atoms with Gasteiger partial charge in [0.15, 0.2) is 0 Å². The van der Waals surface area contributed by atoms with Gasteiger partial charge < -0.3 is 5.32 Å². The van der Waals surface area contributed by atoms with E-state index in [1.807, 2.05) is 0 Å². The summed E-state index contributed by atoms with van der Waals surface area (Å²) < 4.78 is 13.2. The topological polar surface area (TPSA) is 115 Å². The van der Waals surface area contributed by atoms with E-state index in [0.29, 0.717) is 0 Å². The Morgan fingerprint density at radius 2 is 1.70 bits per heavy atom. The average Bonchev–Trinajstić information content (AvgIpc) is 2.48. The Morgan fingerprint density at radius 1 is 1.04 bits per heavy atom. The molecule has 8 nitrogen and oxygen atoms in total. The van der Waals surface area contributed by atoms with E-state index in [9.17, 15) is 29.4 Å². The molecule has 0 spiro atoms. The van der Waals surface area contributed by atoms with Gasteiger partial charge >= 0.3 is 5.69 Å². The number of nitrogens with one attached hydrogen (secondary N) is 1. The average molecular weight is 340 g/mol. The smallest absolute Gasteiger partial charge is 0.306 e. The highest BCUT2D eigenvalue weighted by Gasteiger charge is 2.22. The molecular weight excluding hydrogens is 333 g/mol. The fraction of sp³-hybridized carbons (Fsp3) is 0. The monoisotopic (exact) mass is 339 g/mol. The van der Waals surface area contributed by atoms with Crippen molar-refractivity contribution in [2.45, 2.75) is 0 Å². The van der Waals surface area contributed by atoms with Crippen LogP contribution >= 0.6 is 11.6 Å². The van der Waals surface area contributed by atoms with Crippen LogP contribution < -0.4 is 5.32 Å². The van der Waals surface area contributed by atoms with Crippen molar-refractivity contribution in [1.29, 1.82) is 0 Å². The molecule has 0 unspecified atom stereocenters. The largest absolute Gasteiger partial charge is 0.322 e. The van der Waals surface area contributed by atoms with Crippen molar-refractivity contribution >= 4 is 34.6 Å². The zero-order valence-electron chi connectivity index (χ0n) is 11.2. The van der Waals surface area contributed by atoms with Gasteiger partial charge in [-0.2, -0.15) is 4.39 Å². The van der Waals surface area contributed by atoms with E-state index in [1.165, 1.54) is 6.07 Å². The Balaban J connectivity index is 2.35. The van der Waals surface area contributed by atoms with Gasteiger partial charge in [0, 0.05) is 22.8 Å². The lowest BCUT2D eigenvalue weighted by atomic mass is 10.1. The van der Waals surface area contributed by atoms with Crippen LogP contribution in [0.4, 0.5) is 21.5 Å². The maximum Gasteiger partial charge on any atom is 0.306 e. The normalized spacial score (nSPS) is 10.2. The van der Waals surface area contributed by atoms with Crippen LogP contribution in [0.2, 0.25) is 5.02 Å². The van der Waals surface area contributed by atoms with Gasteiger partial charge in [-0.1, -0.05) is 11.6 Å². The Labute approximate surface area is 132 Å². The third-order valence-corrected chi connectivity index (χ3v) is 3.04. The molecule has 0 saturated heterocycles. The lowest BCUT2D eigenvalue weighted by Crippen LogP contribution is -2.14. The maximum atomic E-state index is 13.2. The van der Waals surface area contributed by atoms with Crippen LogP contribution in [0.15, 0.2) is 36.4 Å². The number of anilines is 1. The molecule has 0 atom stereocenters.